The topological polar surface area (TPSA) is 77.8 Å². The monoisotopic (exact) mass is 356 g/mol. The average Bonchev–Trinajstić information content (AvgIpc) is 2.65. The molecular weight excluding hydrogens is 336 g/mol. The van der Waals surface area contributed by atoms with Crippen LogP contribution in [0.5, 0.6) is 0 Å². The van der Waals surface area contributed by atoms with Gasteiger partial charge in [-0.3, -0.25) is 9.78 Å². The van der Waals surface area contributed by atoms with E-state index in [-0.39, 0.29) is 5.91 Å². The van der Waals surface area contributed by atoms with Gasteiger partial charge < -0.3 is 10.6 Å². The van der Waals surface area contributed by atoms with Crippen LogP contribution in [-0.2, 0) is 0 Å². The van der Waals surface area contributed by atoms with E-state index in [0.29, 0.717) is 16.8 Å². The van der Waals surface area contributed by atoms with Crippen LogP contribution in [0.2, 0.25) is 0 Å². The Labute approximate surface area is 158 Å². The number of rotatable bonds is 4. The molecular formula is C22H20N4O. The van der Waals surface area contributed by atoms with Crippen LogP contribution in [0.15, 0.2) is 54.9 Å². The second-order valence-electron chi connectivity index (χ2n) is 6.51. The summed E-state index contributed by atoms with van der Waals surface area (Å²) in [5.74, 6) is -0.216. The van der Waals surface area contributed by atoms with E-state index in [1.54, 1.807) is 30.5 Å². The smallest absolute Gasteiger partial charge is 0.257 e. The first-order valence-electron chi connectivity index (χ1n) is 8.57. The number of aromatic nitrogens is 1. The Morgan fingerprint density at radius 1 is 1.00 bits per heavy atom. The molecule has 0 aliphatic heterocycles. The quantitative estimate of drug-likeness (QED) is 0.699. The highest BCUT2D eigenvalue weighted by atomic mass is 16.1. The number of aryl methyl sites for hydroxylation is 3. The minimum Gasteiger partial charge on any atom is -0.354 e. The summed E-state index contributed by atoms with van der Waals surface area (Å²) in [7, 11) is 0. The molecule has 27 heavy (non-hydrogen) atoms. The molecule has 3 rings (SSSR count). The summed E-state index contributed by atoms with van der Waals surface area (Å²) in [6.07, 6.45) is 3.17. The molecule has 2 N–H and O–H groups in total. The molecule has 5 heteroatoms. The van der Waals surface area contributed by atoms with Crippen LogP contribution in [0.1, 0.15) is 32.6 Å². The van der Waals surface area contributed by atoms with Gasteiger partial charge in [-0.25, -0.2) is 0 Å². The number of nitrogens with zero attached hydrogens (tertiary/aromatic N) is 2. The largest absolute Gasteiger partial charge is 0.354 e. The van der Waals surface area contributed by atoms with Crippen molar-refractivity contribution in [2.45, 2.75) is 20.8 Å². The summed E-state index contributed by atoms with van der Waals surface area (Å²) in [6.45, 7) is 5.99. The first kappa shape index (κ1) is 18.2. The van der Waals surface area contributed by atoms with E-state index in [9.17, 15) is 4.79 Å². The molecule has 0 atom stereocenters. The number of amides is 1. The molecule has 0 bridgehead atoms. The van der Waals surface area contributed by atoms with Gasteiger partial charge in [0.25, 0.3) is 5.91 Å². The predicted molar refractivity (Wildman–Crippen MR) is 107 cm³/mol. The lowest BCUT2D eigenvalue weighted by Gasteiger charge is -2.13. The summed E-state index contributed by atoms with van der Waals surface area (Å²) in [5, 5.41) is 15.2. The third kappa shape index (κ3) is 4.31. The number of carbonyl (C=O) groups excluding carboxylic acids is 1. The predicted octanol–water partition coefficient (Wildman–Crippen LogP) is 4.87. The molecule has 0 spiro atoms. The zero-order valence-electron chi connectivity index (χ0n) is 15.5. The minimum atomic E-state index is -0.216. The van der Waals surface area contributed by atoms with E-state index in [4.69, 9.17) is 5.26 Å². The Morgan fingerprint density at radius 3 is 2.44 bits per heavy atom. The van der Waals surface area contributed by atoms with Crippen molar-refractivity contribution in [1.29, 1.82) is 5.26 Å². The van der Waals surface area contributed by atoms with E-state index in [0.717, 1.165) is 28.1 Å². The van der Waals surface area contributed by atoms with Gasteiger partial charge in [-0.05, 0) is 56.2 Å². The highest BCUT2D eigenvalue weighted by molar-refractivity contribution is 6.05. The third-order valence-electron chi connectivity index (χ3n) is 4.20. The molecule has 3 aromatic rings. The molecule has 1 aromatic heterocycles. The van der Waals surface area contributed by atoms with Gasteiger partial charge in [-0.1, -0.05) is 23.8 Å². The molecule has 0 fully saturated rings. The van der Waals surface area contributed by atoms with Crippen LogP contribution in [0, 0.1) is 32.1 Å². The fourth-order valence-electron chi connectivity index (χ4n) is 3.03. The number of nitrogens with one attached hydrogen (secondary N) is 2. The number of nitriles is 1. The van der Waals surface area contributed by atoms with Crippen LogP contribution in [0.3, 0.4) is 0 Å². The highest BCUT2D eigenvalue weighted by Gasteiger charge is 2.11. The van der Waals surface area contributed by atoms with Gasteiger partial charge in [0.15, 0.2) is 0 Å². The average molecular weight is 356 g/mol. The summed E-state index contributed by atoms with van der Waals surface area (Å²) >= 11 is 0. The molecule has 0 saturated carbocycles. The zero-order valence-corrected chi connectivity index (χ0v) is 15.5. The van der Waals surface area contributed by atoms with Crippen molar-refractivity contribution >= 4 is 23.0 Å². The normalized spacial score (nSPS) is 10.1. The molecule has 0 radical (unpaired) electrons. The van der Waals surface area contributed by atoms with Crippen LogP contribution < -0.4 is 10.6 Å². The lowest BCUT2D eigenvalue weighted by atomic mass is 10.0. The van der Waals surface area contributed by atoms with Crippen molar-refractivity contribution in [2.24, 2.45) is 0 Å². The molecule has 0 aliphatic rings. The van der Waals surface area contributed by atoms with Gasteiger partial charge in [0, 0.05) is 17.6 Å². The van der Waals surface area contributed by atoms with E-state index in [2.05, 4.69) is 21.7 Å². The maximum atomic E-state index is 12.7. The molecule has 0 aliphatic carbocycles. The standard InChI is InChI=1S/C22H20N4O/c1-14-7-15(2)21(16(3)8-14)26-22(27)18-10-20(13-24-12-18)25-19-6-4-5-17(9-19)11-23/h4-10,12-13,25H,1-3H3,(H,26,27). The number of hydrogen-bond donors (Lipinski definition) is 2. The molecule has 1 amide bonds. The van der Waals surface area contributed by atoms with Gasteiger partial charge in [-0.2, -0.15) is 5.26 Å². The minimum absolute atomic E-state index is 0.216. The second-order valence-corrected chi connectivity index (χ2v) is 6.51. The number of pyridine rings is 1. The Balaban J connectivity index is 1.81. The zero-order chi connectivity index (χ0) is 19.4. The highest BCUT2D eigenvalue weighted by Crippen LogP contribution is 2.23. The summed E-state index contributed by atoms with van der Waals surface area (Å²) in [4.78, 5) is 16.8. The van der Waals surface area contributed by atoms with Gasteiger partial charge >= 0.3 is 0 Å². The Bertz CT molecular complexity index is 1030. The molecule has 134 valence electrons. The number of benzene rings is 2. The summed E-state index contributed by atoms with van der Waals surface area (Å²) in [5.41, 5.74) is 6.49. The van der Waals surface area contributed by atoms with Crippen molar-refractivity contribution in [3.05, 3.63) is 82.7 Å². The van der Waals surface area contributed by atoms with E-state index >= 15 is 0 Å². The van der Waals surface area contributed by atoms with Crippen LogP contribution in [-0.4, -0.2) is 10.9 Å². The Hall–Kier alpha value is -3.65. The summed E-state index contributed by atoms with van der Waals surface area (Å²) in [6, 6.07) is 15.1. The molecule has 1 heterocycles. The summed E-state index contributed by atoms with van der Waals surface area (Å²) < 4.78 is 0. The van der Waals surface area contributed by atoms with E-state index in [1.807, 2.05) is 39.0 Å². The van der Waals surface area contributed by atoms with Gasteiger partial charge in [0.2, 0.25) is 0 Å². The Morgan fingerprint density at radius 2 is 1.74 bits per heavy atom. The first-order valence-corrected chi connectivity index (χ1v) is 8.57. The SMILES string of the molecule is Cc1cc(C)c(NC(=O)c2cncc(Nc3cccc(C#N)c3)c2)c(C)c1. The second kappa shape index (κ2) is 7.71. The first-order chi connectivity index (χ1) is 13.0. The number of carbonyl (C=O) groups is 1. The molecule has 0 unspecified atom stereocenters. The lowest BCUT2D eigenvalue weighted by molar-refractivity contribution is 0.102. The van der Waals surface area contributed by atoms with E-state index in [1.165, 1.54) is 6.20 Å². The number of hydrogen-bond acceptors (Lipinski definition) is 4. The van der Waals surface area contributed by atoms with Crippen LogP contribution >= 0.6 is 0 Å². The maximum absolute atomic E-state index is 12.7. The van der Waals surface area contributed by atoms with Crippen molar-refractivity contribution in [2.75, 3.05) is 10.6 Å². The van der Waals surface area contributed by atoms with Crippen molar-refractivity contribution in [3.63, 3.8) is 0 Å². The Kier molecular flexibility index (Phi) is 5.18. The van der Waals surface area contributed by atoms with Crippen molar-refractivity contribution in [3.8, 4) is 6.07 Å². The number of anilines is 3. The fraction of sp³-hybridized carbons (Fsp3) is 0.136. The van der Waals surface area contributed by atoms with E-state index < -0.39 is 0 Å². The molecule has 2 aromatic carbocycles. The van der Waals surface area contributed by atoms with Gasteiger partial charge in [0.05, 0.1) is 29.1 Å². The van der Waals surface area contributed by atoms with Gasteiger partial charge in [-0.15, -0.1) is 0 Å². The van der Waals surface area contributed by atoms with Crippen molar-refractivity contribution < 1.29 is 4.79 Å². The fourth-order valence-corrected chi connectivity index (χ4v) is 3.03. The molecule has 5 nitrogen and oxygen atoms in total. The van der Waals surface area contributed by atoms with Crippen LogP contribution in [0.25, 0.3) is 0 Å². The third-order valence-corrected chi connectivity index (χ3v) is 4.20. The maximum Gasteiger partial charge on any atom is 0.257 e. The molecule has 0 saturated heterocycles. The van der Waals surface area contributed by atoms with Crippen LogP contribution in [0.4, 0.5) is 17.1 Å². The van der Waals surface area contributed by atoms with Gasteiger partial charge in [0.1, 0.15) is 0 Å². The van der Waals surface area contributed by atoms with Crippen molar-refractivity contribution in [1.82, 2.24) is 4.98 Å². The lowest BCUT2D eigenvalue weighted by Crippen LogP contribution is -2.14.